The molecule has 0 saturated carbocycles. The highest BCUT2D eigenvalue weighted by molar-refractivity contribution is 9.10. The third kappa shape index (κ3) is 6.12. The van der Waals surface area contributed by atoms with Gasteiger partial charge in [-0.25, -0.2) is 13.2 Å². The molecule has 4 rings (SSSR count). The Morgan fingerprint density at radius 3 is 2.47 bits per heavy atom. The van der Waals surface area contributed by atoms with Gasteiger partial charge in [0, 0.05) is 12.5 Å². The number of alkyl halides is 3. The third-order valence-corrected chi connectivity index (χ3v) is 9.93. The maximum atomic E-state index is 12.8. The standard InChI is InChI=1S/C24H25BrF3NO7S2/c1-14(2)17-5-3-4-16(9-17)11-29-20-13-37(31,32)12-18(22(20)35-23(29)30)8-15-6-7-21(19(25)10-15)36-38(33,34)24(26,27)28/h3-7,9-10,14,18,20,22H,8,11-13H2,1-2H3/t18-,20+,22+/m1/s1. The summed E-state index contributed by atoms with van der Waals surface area (Å²) in [6.45, 7) is 4.28. The van der Waals surface area contributed by atoms with Crippen molar-refractivity contribution >= 4 is 42.0 Å². The predicted octanol–water partition coefficient (Wildman–Crippen LogP) is 4.78. The fourth-order valence-corrected chi connectivity index (χ4v) is 7.81. The van der Waals surface area contributed by atoms with Crippen molar-refractivity contribution < 1.29 is 43.7 Å². The molecule has 2 fully saturated rings. The molecule has 2 saturated heterocycles. The smallest absolute Gasteiger partial charge is 0.444 e. The highest BCUT2D eigenvalue weighted by atomic mass is 79.9. The number of halogens is 4. The van der Waals surface area contributed by atoms with Crippen LogP contribution in [-0.2, 0) is 37.7 Å². The normalized spacial score (nSPS) is 23.3. The van der Waals surface area contributed by atoms with Crippen LogP contribution in [0.5, 0.6) is 5.75 Å². The minimum atomic E-state index is -5.86. The Hall–Kier alpha value is -2.32. The van der Waals surface area contributed by atoms with E-state index in [0.29, 0.717) is 5.56 Å². The number of rotatable bonds is 7. The van der Waals surface area contributed by atoms with Gasteiger partial charge >= 0.3 is 21.7 Å². The van der Waals surface area contributed by atoms with Gasteiger partial charge in [0.1, 0.15) is 6.10 Å². The topological polar surface area (TPSA) is 107 Å². The molecule has 0 bridgehead atoms. The summed E-state index contributed by atoms with van der Waals surface area (Å²) in [6.07, 6.45) is -1.20. The molecule has 0 N–H and O–H groups in total. The van der Waals surface area contributed by atoms with Gasteiger partial charge < -0.3 is 8.92 Å². The van der Waals surface area contributed by atoms with Crippen LogP contribution < -0.4 is 4.18 Å². The summed E-state index contributed by atoms with van der Waals surface area (Å²) < 4.78 is 96.0. The fourth-order valence-electron chi connectivity index (χ4n) is 4.73. The van der Waals surface area contributed by atoms with Crippen molar-refractivity contribution in [3.05, 3.63) is 63.6 Å². The SMILES string of the molecule is CC(C)c1cccc(CN2C(=O)O[C@H]3[C@H](Cc4ccc(OS(=O)(=O)C(F)(F)F)c(Br)c4)CS(=O)(=O)C[C@@H]32)c1. The second-order valence-corrected chi connectivity index (χ2v) is 14.3. The lowest BCUT2D eigenvalue weighted by atomic mass is 9.91. The van der Waals surface area contributed by atoms with Gasteiger partial charge in [0.05, 0.1) is 22.0 Å². The summed E-state index contributed by atoms with van der Waals surface area (Å²) in [5, 5.41) is 0. The third-order valence-electron chi connectivity index (χ3n) is 6.56. The minimum absolute atomic E-state index is 0.0619. The van der Waals surface area contributed by atoms with Crippen LogP contribution in [0.2, 0.25) is 0 Å². The van der Waals surface area contributed by atoms with Crippen LogP contribution in [0.1, 0.15) is 36.5 Å². The number of sulfone groups is 1. The maximum Gasteiger partial charge on any atom is 0.534 e. The highest BCUT2D eigenvalue weighted by Gasteiger charge is 2.52. The van der Waals surface area contributed by atoms with Gasteiger partial charge in [-0.1, -0.05) is 44.2 Å². The van der Waals surface area contributed by atoms with E-state index < -0.39 is 55.4 Å². The number of hydrogen-bond acceptors (Lipinski definition) is 7. The molecule has 2 aromatic rings. The van der Waals surface area contributed by atoms with Gasteiger partial charge in [-0.15, -0.1) is 0 Å². The van der Waals surface area contributed by atoms with Crippen LogP contribution in [0.25, 0.3) is 0 Å². The van der Waals surface area contributed by atoms with E-state index in [4.69, 9.17) is 4.74 Å². The van der Waals surface area contributed by atoms with Crippen LogP contribution in [0, 0.1) is 5.92 Å². The zero-order valence-corrected chi connectivity index (χ0v) is 23.5. The summed E-state index contributed by atoms with van der Waals surface area (Å²) in [5.74, 6) is -1.39. The molecule has 2 aliphatic rings. The van der Waals surface area contributed by atoms with Crippen molar-refractivity contribution in [2.75, 3.05) is 11.5 Å². The number of amides is 1. The van der Waals surface area contributed by atoms with E-state index in [0.717, 1.165) is 17.2 Å². The molecule has 208 valence electrons. The van der Waals surface area contributed by atoms with Gasteiger partial charge in [-0.05, 0) is 57.1 Å². The predicted molar refractivity (Wildman–Crippen MR) is 136 cm³/mol. The summed E-state index contributed by atoms with van der Waals surface area (Å²) in [4.78, 5) is 14.3. The van der Waals surface area contributed by atoms with Crippen LogP contribution in [0.4, 0.5) is 18.0 Å². The number of ether oxygens (including phenoxy) is 1. The zero-order valence-electron chi connectivity index (χ0n) is 20.3. The van der Waals surface area contributed by atoms with E-state index in [-0.39, 0.29) is 34.9 Å². The number of hydrogen-bond donors (Lipinski definition) is 0. The Bertz CT molecular complexity index is 1450. The molecule has 0 aromatic heterocycles. The Morgan fingerprint density at radius 1 is 1.13 bits per heavy atom. The van der Waals surface area contributed by atoms with Crippen molar-refractivity contribution in [3.63, 3.8) is 0 Å². The summed E-state index contributed by atoms with van der Waals surface area (Å²) >= 11 is 3.01. The van der Waals surface area contributed by atoms with Gasteiger partial charge in [0.25, 0.3) is 0 Å². The summed E-state index contributed by atoms with van der Waals surface area (Å²) in [7, 11) is -9.41. The second-order valence-electron chi connectivity index (χ2n) is 9.73. The van der Waals surface area contributed by atoms with E-state index in [2.05, 4.69) is 20.1 Å². The molecule has 8 nitrogen and oxygen atoms in total. The molecule has 0 spiro atoms. The van der Waals surface area contributed by atoms with Crippen LogP contribution >= 0.6 is 15.9 Å². The van der Waals surface area contributed by atoms with Crippen molar-refractivity contribution in [1.82, 2.24) is 4.90 Å². The molecule has 0 unspecified atom stereocenters. The first-order valence-corrected chi connectivity index (χ1v) is 15.6. The van der Waals surface area contributed by atoms with Crippen molar-refractivity contribution in [1.29, 1.82) is 0 Å². The molecule has 0 radical (unpaired) electrons. The average Bonchev–Trinajstić information content (AvgIpc) is 3.09. The maximum absolute atomic E-state index is 12.8. The monoisotopic (exact) mass is 639 g/mol. The largest absolute Gasteiger partial charge is 0.534 e. The van der Waals surface area contributed by atoms with E-state index in [1.165, 1.54) is 17.0 Å². The lowest BCUT2D eigenvalue weighted by Gasteiger charge is -2.34. The fraction of sp³-hybridized carbons (Fsp3) is 0.458. The minimum Gasteiger partial charge on any atom is -0.444 e. The number of carbonyl (C=O) groups excluding carboxylic acids is 1. The van der Waals surface area contributed by atoms with Crippen LogP contribution in [0.15, 0.2) is 46.9 Å². The van der Waals surface area contributed by atoms with Gasteiger partial charge in [-0.3, -0.25) is 4.90 Å². The number of benzene rings is 2. The molecule has 14 heteroatoms. The van der Waals surface area contributed by atoms with Crippen molar-refractivity contribution in [2.45, 2.75) is 50.4 Å². The number of nitrogens with zero attached hydrogens (tertiary/aromatic N) is 1. The quantitative estimate of drug-likeness (QED) is 0.317. The lowest BCUT2D eigenvalue weighted by Crippen LogP contribution is -2.51. The Kier molecular flexibility index (Phi) is 7.80. The van der Waals surface area contributed by atoms with Crippen molar-refractivity contribution in [2.24, 2.45) is 5.92 Å². The molecule has 3 atom stereocenters. The Balaban J connectivity index is 1.54. The molecule has 2 aromatic carbocycles. The lowest BCUT2D eigenvalue weighted by molar-refractivity contribution is -0.0500. The Morgan fingerprint density at radius 2 is 1.84 bits per heavy atom. The molecule has 2 aliphatic heterocycles. The summed E-state index contributed by atoms with van der Waals surface area (Å²) in [5.41, 5.74) is -3.16. The summed E-state index contributed by atoms with van der Waals surface area (Å²) in [6, 6.07) is 10.7. The number of carbonyl (C=O) groups is 1. The molecule has 0 aliphatic carbocycles. The first kappa shape index (κ1) is 28.7. The average molecular weight is 640 g/mol. The Labute approximate surface area is 227 Å². The molecular formula is C24H25BrF3NO7S2. The number of fused-ring (bicyclic) bond motifs is 1. The first-order chi connectivity index (χ1) is 17.6. The molecule has 2 heterocycles. The van der Waals surface area contributed by atoms with E-state index in [1.807, 2.05) is 38.1 Å². The van der Waals surface area contributed by atoms with Crippen LogP contribution in [-0.4, -0.2) is 57.0 Å². The van der Waals surface area contributed by atoms with E-state index in [1.54, 1.807) is 0 Å². The molecular weight excluding hydrogens is 615 g/mol. The molecule has 38 heavy (non-hydrogen) atoms. The highest BCUT2D eigenvalue weighted by Crippen LogP contribution is 2.37. The second kappa shape index (κ2) is 10.3. The van der Waals surface area contributed by atoms with Gasteiger partial charge in [0.2, 0.25) is 0 Å². The zero-order chi connectivity index (χ0) is 28.0. The van der Waals surface area contributed by atoms with Gasteiger partial charge in [-0.2, -0.15) is 21.6 Å². The van der Waals surface area contributed by atoms with E-state index >= 15 is 0 Å². The first-order valence-electron chi connectivity index (χ1n) is 11.6. The van der Waals surface area contributed by atoms with E-state index in [9.17, 15) is 34.8 Å². The molecule has 1 amide bonds. The van der Waals surface area contributed by atoms with Gasteiger partial charge in [0.15, 0.2) is 15.6 Å². The van der Waals surface area contributed by atoms with Crippen molar-refractivity contribution in [3.8, 4) is 5.75 Å². The van der Waals surface area contributed by atoms with Crippen LogP contribution in [0.3, 0.4) is 0 Å².